The van der Waals surface area contributed by atoms with Crippen molar-refractivity contribution in [2.75, 3.05) is 7.11 Å². The summed E-state index contributed by atoms with van der Waals surface area (Å²) in [5.41, 5.74) is 1.60. The molecule has 0 saturated carbocycles. The minimum absolute atomic E-state index is 0.113. The first-order chi connectivity index (χ1) is 10.6. The lowest BCUT2D eigenvalue weighted by atomic mass is 10.1. The fraction of sp³-hybridized carbons (Fsp3) is 0.400. The Morgan fingerprint density at radius 3 is 2.73 bits per heavy atom. The first-order valence-electron chi connectivity index (χ1n) is 6.84. The number of oxime groups is 1. The van der Waals surface area contributed by atoms with Crippen molar-refractivity contribution in [1.82, 2.24) is 5.32 Å². The highest BCUT2D eigenvalue weighted by molar-refractivity contribution is 5.86. The molecule has 0 bridgehead atoms. The average molecular weight is 306 g/mol. The molecule has 0 aliphatic carbocycles. The van der Waals surface area contributed by atoms with Crippen LogP contribution in [0.4, 0.5) is 4.79 Å². The second-order valence-electron chi connectivity index (χ2n) is 4.88. The Bertz CT molecular complexity index is 558. The molecule has 118 valence electrons. The molecule has 7 nitrogen and oxygen atoms in total. The van der Waals surface area contributed by atoms with E-state index in [1.807, 2.05) is 30.3 Å². The molecule has 7 heteroatoms. The van der Waals surface area contributed by atoms with Crippen molar-refractivity contribution in [3.63, 3.8) is 0 Å². The first kappa shape index (κ1) is 15.8. The maximum Gasteiger partial charge on any atom is 0.408 e. The molecule has 1 N–H and O–H groups in total. The topological polar surface area (TPSA) is 86.2 Å². The van der Waals surface area contributed by atoms with Crippen LogP contribution in [0, 0.1) is 0 Å². The number of ether oxygens (including phenoxy) is 2. The van der Waals surface area contributed by atoms with E-state index in [2.05, 4.69) is 15.2 Å². The number of hydrogen-bond donors (Lipinski definition) is 1. The van der Waals surface area contributed by atoms with E-state index in [-0.39, 0.29) is 6.61 Å². The fourth-order valence-electron chi connectivity index (χ4n) is 2.02. The zero-order valence-electron chi connectivity index (χ0n) is 12.4. The third kappa shape index (κ3) is 4.21. The lowest BCUT2D eigenvalue weighted by Gasteiger charge is -2.20. The van der Waals surface area contributed by atoms with Gasteiger partial charge in [0.05, 0.1) is 12.8 Å². The Balaban J connectivity index is 1.89. The zero-order valence-corrected chi connectivity index (χ0v) is 12.4. The number of amides is 1. The predicted octanol–water partition coefficient (Wildman–Crippen LogP) is 1.62. The molecule has 2 rings (SSSR count). The first-order valence-corrected chi connectivity index (χ1v) is 6.84. The van der Waals surface area contributed by atoms with E-state index >= 15 is 0 Å². The molecule has 2 atom stereocenters. The third-order valence-corrected chi connectivity index (χ3v) is 3.15. The summed E-state index contributed by atoms with van der Waals surface area (Å²) in [7, 11) is 1.25. The van der Waals surface area contributed by atoms with Gasteiger partial charge in [-0.15, -0.1) is 0 Å². The number of nitrogens with zero attached hydrogens (tertiary/aromatic N) is 1. The SMILES string of the molecule is COC(=O)[C@@H](NC(=O)OCc1ccccc1)[C@@H]1CC(C)=NO1. The molecule has 0 aromatic heterocycles. The van der Waals surface area contributed by atoms with Crippen molar-refractivity contribution in [3.8, 4) is 0 Å². The molecule has 22 heavy (non-hydrogen) atoms. The Hall–Kier alpha value is -2.57. The molecular weight excluding hydrogens is 288 g/mol. The molecule has 0 unspecified atom stereocenters. The molecule has 0 spiro atoms. The van der Waals surface area contributed by atoms with E-state index < -0.39 is 24.2 Å². The van der Waals surface area contributed by atoms with Gasteiger partial charge in [0, 0.05) is 6.42 Å². The molecular formula is C15H18N2O5. The number of carbonyl (C=O) groups is 2. The summed E-state index contributed by atoms with van der Waals surface area (Å²) in [5, 5.41) is 6.24. The van der Waals surface area contributed by atoms with Crippen LogP contribution in [0.5, 0.6) is 0 Å². The molecule has 0 saturated heterocycles. The van der Waals surface area contributed by atoms with Crippen LogP contribution in [-0.4, -0.2) is 37.0 Å². The van der Waals surface area contributed by atoms with Crippen LogP contribution in [0.15, 0.2) is 35.5 Å². The second kappa shape index (κ2) is 7.44. The predicted molar refractivity (Wildman–Crippen MR) is 78.2 cm³/mol. The van der Waals surface area contributed by atoms with Gasteiger partial charge in [-0.05, 0) is 12.5 Å². The maximum absolute atomic E-state index is 11.9. The maximum atomic E-state index is 11.9. The van der Waals surface area contributed by atoms with Crippen molar-refractivity contribution in [1.29, 1.82) is 0 Å². The summed E-state index contributed by atoms with van der Waals surface area (Å²) in [4.78, 5) is 28.8. The molecule has 1 amide bonds. The number of carbonyl (C=O) groups excluding carboxylic acids is 2. The summed E-state index contributed by atoms with van der Waals surface area (Å²) >= 11 is 0. The molecule has 1 heterocycles. The molecule has 0 radical (unpaired) electrons. The van der Waals surface area contributed by atoms with Gasteiger partial charge in [0.2, 0.25) is 0 Å². The Morgan fingerprint density at radius 2 is 2.14 bits per heavy atom. The zero-order chi connectivity index (χ0) is 15.9. The lowest BCUT2D eigenvalue weighted by molar-refractivity contribution is -0.146. The van der Waals surface area contributed by atoms with Crippen molar-refractivity contribution in [2.45, 2.75) is 32.1 Å². The number of esters is 1. The average Bonchev–Trinajstić information content (AvgIpc) is 2.97. The van der Waals surface area contributed by atoms with Gasteiger partial charge in [0.25, 0.3) is 0 Å². The van der Waals surface area contributed by atoms with Crippen molar-refractivity contribution in [3.05, 3.63) is 35.9 Å². The second-order valence-corrected chi connectivity index (χ2v) is 4.88. The minimum atomic E-state index is -0.963. The van der Waals surface area contributed by atoms with Crippen LogP contribution >= 0.6 is 0 Å². The molecule has 1 aromatic carbocycles. The third-order valence-electron chi connectivity index (χ3n) is 3.15. The number of nitrogens with one attached hydrogen (secondary N) is 1. The van der Waals surface area contributed by atoms with Gasteiger partial charge < -0.3 is 19.6 Å². The van der Waals surface area contributed by atoms with Crippen molar-refractivity contribution in [2.24, 2.45) is 5.16 Å². The Kier molecular flexibility index (Phi) is 5.35. The monoisotopic (exact) mass is 306 g/mol. The van der Waals surface area contributed by atoms with Gasteiger partial charge in [-0.2, -0.15) is 0 Å². The summed E-state index contributed by atoms with van der Waals surface area (Å²) in [6, 6.07) is 8.27. The van der Waals surface area contributed by atoms with Crippen LogP contribution in [0.1, 0.15) is 18.9 Å². The van der Waals surface area contributed by atoms with E-state index in [4.69, 9.17) is 9.57 Å². The minimum Gasteiger partial charge on any atom is -0.467 e. The summed E-state index contributed by atoms with van der Waals surface area (Å²) < 4.78 is 9.77. The normalized spacial score (nSPS) is 17.9. The summed E-state index contributed by atoms with van der Waals surface area (Å²) in [5.74, 6) is -0.605. The smallest absolute Gasteiger partial charge is 0.408 e. The summed E-state index contributed by atoms with van der Waals surface area (Å²) in [6.45, 7) is 1.89. The molecule has 0 fully saturated rings. The number of rotatable bonds is 5. The van der Waals surface area contributed by atoms with Crippen molar-refractivity contribution < 1.29 is 23.9 Å². The highest BCUT2D eigenvalue weighted by atomic mass is 16.6. The van der Waals surface area contributed by atoms with E-state index in [1.54, 1.807) is 6.92 Å². The van der Waals surface area contributed by atoms with E-state index in [1.165, 1.54) is 7.11 Å². The van der Waals surface area contributed by atoms with Crippen LogP contribution < -0.4 is 5.32 Å². The molecule has 1 aliphatic rings. The van der Waals surface area contributed by atoms with Crippen LogP contribution in [-0.2, 0) is 25.7 Å². The van der Waals surface area contributed by atoms with E-state index in [9.17, 15) is 9.59 Å². The van der Waals surface area contributed by atoms with E-state index in [0.717, 1.165) is 11.3 Å². The lowest BCUT2D eigenvalue weighted by Crippen LogP contribution is -2.49. The largest absolute Gasteiger partial charge is 0.467 e. The van der Waals surface area contributed by atoms with Crippen LogP contribution in [0.3, 0.4) is 0 Å². The standard InChI is InChI=1S/C15H18N2O5/c1-10-8-12(22-17-10)13(14(18)20-2)16-15(19)21-9-11-6-4-3-5-7-11/h3-7,12-13H,8-9H2,1-2H3,(H,16,19)/t12-,13-/m0/s1. The highest BCUT2D eigenvalue weighted by Gasteiger charge is 2.36. The molecule has 1 aromatic rings. The van der Waals surface area contributed by atoms with Gasteiger partial charge in [-0.25, -0.2) is 9.59 Å². The van der Waals surface area contributed by atoms with Gasteiger partial charge in [0.15, 0.2) is 12.1 Å². The van der Waals surface area contributed by atoms with Crippen LogP contribution in [0.25, 0.3) is 0 Å². The van der Waals surface area contributed by atoms with E-state index in [0.29, 0.717) is 6.42 Å². The van der Waals surface area contributed by atoms with Crippen LogP contribution in [0.2, 0.25) is 0 Å². The number of hydrogen-bond acceptors (Lipinski definition) is 6. The number of alkyl carbamates (subject to hydrolysis) is 1. The van der Waals surface area contributed by atoms with Gasteiger partial charge in [-0.1, -0.05) is 35.5 Å². The fourth-order valence-corrected chi connectivity index (χ4v) is 2.02. The quantitative estimate of drug-likeness (QED) is 0.835. The Labute approximate surface area is 128 Å². The van der Waals surface area contributed by atoms with Gasteiger partial charge in [-0.3, -0.25) is 0 Å². The number of benzene rings is 1. The Morgan fingerprint density at radius 1 is 1.41 bits per heavy atom. The van der Waals surface area contributed by atoms with Crippen molar-refractivity contribution >= 4 is 17.8 Å². The summed E-state index contributed by atoms with van der Waals surface area (Å²) in [6.07, 6.45) is -0.859. The number of methoxy groups -OCH3 is 1. The highest BCUT2D eigenvalue weighted by Crippen LogP contribution is 2.15. The van der Waals surface area contributed by atoms with Gasteiger partial charge >= 0.3 is 12.1 Å². The van der Waals surface area contributed by atoms with Gasteiger partial charge in [0.1, 0.15) is 6.61 Å². The molecule has 1 aliphatic heterocycles.